The van der Waals surface area contributed by atoms with Crippen molar-refractivity contribution in [3.05, 3.63) is 42.5 Å². The van der Waals surface area contributed by atoms with Crippen molar-refractivity contribution >= 4 is 259 Å². The molecular formula is C36H7B17. The van der Waals surface area contributed by atoms with Crippen LogP contribution in [0.2, 0.25) is 0 Å². The Balaban J connectivity index is 1.93. The van der Waals surface area contributed by atoms with Gasteiger partial charge >= 0.3 is 0 Å². The van der Waals surface area contributed by atoms with Crippen LogP contribution in [0, 0.1) is 0 Å². The van der Waals surface area contributed by atoms with Crippen LogP contribution in [-0.4, -0.2) is 133 Å². The zero-order valence-corrected chi connectivity index (χ0v) is 28.4. The molecule has 34 radical (unpaired) electrons. The lowest BCUT2D eigenvalue weighted by Gasteiger charge is -2.33. The molecule has 0 aliphatic heterocycles. The zero-order valence-electron chi connectivity index (χ0n) is 28.4. The van der Waals surface area contributed by atoms with Gasteiger partial charge in [0.2, 0.25) is 0 Å². The summed E-state index contributed by atoms with van der Waals surface area (Å²) in [6.45, 7) is 0. The molecule has 0 heterocycles. The van der Waals surface area contributed by atoms with Crippen LogP contribution in [0.1, 0.15) is 0 Å². The summed E-state index contributed by atoms with van der Waals surface area (Å²) in [7, 11) is 114. The summed E-state index contributed by atoms with van der Waals surface area (Å²) in [6, 6.07) is 13.4. The first-order valence-electron chi connectivity index (χ1n) is 16.0. The van der Waals surface area contributed by atoms with Crippen molar-refractivity contribution in [2.75, 3.05) is 0 Å². The van der Waals surface area contributed by atoms with E-state index in [0.29, 0.717) is 11.1 Å². The average molecular weight is 623 g/mol. The Hall–Kier alpha value is -3.58. The SMILES string of the molecule is [B]c1c([B])c([B])c(-c2c3c([B])c([B])c([B])c([B])c3c(-c3c([B])c([B])c([B])c([B])c3[B])c3c([B])c(-c4cccc5ccccc45)c([B])c([B])c23)c([B])c1[B]. The molecule has 0 unspecified atom stereocenters. The average Bonchev–Trinajstić information content (AvgIpc) is 3.15. The van der Waals surface area contributed by atoms with Gasteiger partial charge in [-0.2, -0.15) is 0 Å². The van der Waals surface area contributed by atoms with Gasteiger partial charge in [-0.25, -0.2) is 0 Å². The molecule has 0 bridgehead atoms. The Morgan fingerprint density at radius 3 is 0.962 bits per heavy atom. The third-order valence-corrected chi connectivity index (χ3v) is 10.2. The third kappa shape index (κ3) is 5.22. The second-order valence-electron chi connectivity index (χ2n) is 12.9. The normalized spacial score (nSPS) is 11.5. The van der Waals surface area contributed by atoms with Gasteiger partial charge in [-0.1, -0.05) is 91.6 Å². The predicted molar refractivity (Wildman–Crippen MR) is 247 cm³/mol. The van der Waals surface area contributed by atoms with E-state index in [1.807, 2.05) is 42.5 Å². The molecule has 0 atom stereocenters. The van der Waals surface area contributed by atoms with Gasteiger partial charge in [0.05, 0.1) is 0 Å². The molecule has 0 saturated heterocycles. The van der Waals surface area contributed by atoms with Crippen molar-refractivity contribution in [2.24, 2.45) is 0 Å². The van der Waals surface area contributed by atoms with Crippen molar-refractivity contribution in [1.29, 1.82) is 0 Å². The van der Waals surface area contributed by atoms with Crippen molar-refractivity contribution in [1.82, 2.24) is 0 Å². The second-order valence-corrected chi connectivity index (χ2v) is 12.9. The Bertz CT molecular complexity index is 2740. The maximum absolute atomic E-state index is 7.35. The van der Waals surface area contributed by atoms with Gasteiger partial charge < -0.3 is 0 Å². The maximum atomic E-state index is 7.35. The molecule has 7 aromatic carbocycles. The molecule has 53 heavy (non-hydrogen) atoms. The Morgan fingerprint density at radius 2 is 0.528 bits per heavy atom. The smallest absolute Gasteiger partial charge is 0.112 e. The van der Waals surface area contributed by atoms with Crippen LogP contribution >= 0.6 is 0 Å². The quantitative estimate of drug-likeness (QED) is 0.136. The van der Waals surface area contributed by atoms with E-state index in [-0.39, 0.29) is 137 Å². The Kier molecular flexibility index (Phi) is 9.48. The molecule has 7 rings (SSSR count). The molecule has 0 fully saturated rings. The van der Waals surface area contributed by atoms with Crippen LogP contribution < -0.4 is 92.9 Å². The lowest BCUT2D eigenvalue weighted by Crippen LogP contribution is -2.56. The van der Waals surface area contributed by atoms with Crippen molar-refractivity contribution < 1.29 is 0 Å². The molecule has 0 aliphatic carbocycles. The van der Waals surface area contributed by atoms with E-state index in [4.69, 9.17) is 133 Å². The zero-order chi connectivity index (χ0) is 38.7. The maximum Gasteiger partial charge on any atom is 0.115 e. The largest absolute Gasteiger partial charge is 0.115 e. The molecular weight excluding hydrogens is 616 g/mol. The first-order chi connectivity index (χ1) is 24.9. The van der Waals surface area contributed by atoms with Crippen LogP contribution in [0.4, 0.5) is 0 Å². The molecule has 0 saturated carbocycles. The van der Waals surface area contributed by atoms with Gasteiger partial charge in [-0.15, -0.1) is 43.7 Å². The van der Waals surface area contributed by atoms with E-state index in [0.717, 1.165) is 10.8 Å². The molecule has 17 heteroatoms. The van der Waals surface area contributed by atoms with Gasteiger partial charge in [0.15, 0.2) is 0 Å². The topological polar surface area (TPSA) is 0 Å². The summed E-state index contributed by atoms with van der Waals surface area (Å²) < 4.78 is 0. The van der Waals surface area contributed by atoms with E-state index in [9.17, 15) is 0 Å². The highest BCUT2D eigenvalue weighted by molar-refractivity contribution is 6.74. The molecule has 0 aromatic heterocycles. The lowest BCUT2D eigenvalue weighted by atomic mass is 9.55. The number of fused-ring (bicyclic) bond motifs is 3. The number of benzene rings is 7. The monoisotopic (exact) mass is 626 g/mol. The van der Waals surface area contributed by atoms with Crippen LogP contribution in [0.15, 0.2) is 42.5 Å². The highest BCUT2D eigenvalue weighted by atomic mass is 14.3. The van der Waals surface area contributed by atoms with Crippen molar-refractivity contribution in [3.8, 4) is 33.4 Å². The Labute approximate surface area is 332 Å². The summed E-state index contributed by atoms with van der Waals surface area (Å²) in [6.07, 6.45) is 0. The molecule has 7 aromatic rings. The standard InChI is InChI=1S/C36H7B17/c37-20-11(10-7-3-5-8-4-1-2-6-9(8)10)21(38)22(39)15-13(19-27(44)33(50)36(53)34(51)28(19)45)17-16(23(40)29(46)30(47)24(17)41)12(14(15)20)18-25(42)31(48)35(52)32(49)26(18)43/h1-7H. The van der Waals surface area contributed by atoms with Gasteiger partial charge in [0, 0.05) is 0 Å². The highest BCUT2D eigenvalue weighted by Crippen LogP contribution is 2.40. The van der Waals surface area contributed by atoms with Gasteiger partial charge in [-0.3, -0.25) is 0 Å². The fraction of sp³-hybridized carbons (Fsp3) is 0. The van der Waals surface area contributed by atoms with Crippen LogP contribution in [0.3, 0.4) is 0 Å². The Morgan fingerprint density at radius 1 is 0.226 bits per heavy atom. The number of hydrogen-bond donors (Lipinski definition) is 0. The molecule has 0 aliphatic rings. The summed E-state index contributed by atoms with van der Waals surface area (Å²) >= 11 is 0. The summed E-state index contributed by atoms with van der Waals surface area (Å²) in [4.78, 5) is 0. The summed E-state index contributed by atoms with van der Waals surface area (Å²) in [5.41, 5.74) is 0.990. The van der Waals surface area contributed by atoms with Gasteiger partial charge in [0.1, 0.15) is 133 Å². The molecule has 0 amide bonds. The van der Waals surface area contributed by atoms with E-state index < -0.39 is 0 Å². The van der Waals surface area contributed by atoms with Crippen LogP contribution in [-0.2, 0) is 0 Å². The summed E-state index contributed by atoms with van der Waals surface area (Å²) in [5.74, 6) is 0. The second kappa shape index (κ2) is 13.3. The molecule has 0 N–H and O–H groups in total. The number of rotatable bonds is 3. The lowest BCUT2D eigenvalue weighted by molar-refractivity contribution is 1.73. The van der Waals surface area contributed by atoms with Gasteiger partial charge in [0.25, 0.3) is 0 Å². The molecule has 202 valence electrons. The summed E-state index contributed by atoms with van der Waals surface area (Å²) in [5, 5.41) is 2.43. The third-order valence-electron chi connectivity index (χ3n) is 10.2. The van der Waals surface area contributed by atoms with Crippen LogP contribution in [0.25, 0.3) is 65.7 Å². The number of hydrogen-bond acceptors (Lipinski definition) is 0. The van der Waals surface area contributed by atoms with E-state index >= 15 is 0 Å². The van der Waals surface area contributed by atoms with Gasteiger partial charge in [-0.05, 0) is 65.7 Å². The fourth-order valence-corrected chi connectivity index (χ4v) is 7.40. The fourth-order valence-electron chi connectivity index (χ4n) is 7.40. The minimum Gasteiger partial charge on any atom is -0.112 e. The van der Waals surface area contributed by atoms with Crippen molar-refractivity contribution in [3.63, 3.8) is 0 Å². The highest BCUT2D eigenvalue weighted by Gasteiger charge is 2.29. The molecule has 0 spiro atoms. The first kappa shape index (κ1) is 37.7. The van der Waals surface area contributed by atoms with Crippen molar-refractivity contribution in [2.45, 2.75) is 0 Å². The van der Waals surface area contributed by atoms with E-state index in [1.165, 1.54) is 0 Å². The van der Waals surface area contributed by atoms with E-state index in [1.54, 1.807) is 0 Å². The minimum atomic E-state index is -0.0701. The predicted octanol–water partition coefficient (Wildman–Crippen LogP) is -10.4. The molecule has 0 nitrogen and oxygen atoms in total. The minimum absolute atomic E-state index is 0.0185. The first-order valence-corrected chi connectivity index (χ1v) is 16.0. The van der Waals surface area contributed by atoms with E-state index in [2.05, 4.69) is 0 Å². The van der Waals surface area contributed by atoms with Crippen LogP contribution in [0.5, 0.6) is 0 Å².